The second-order valence-corrected chi connectivity index (χ2v) is 10.6. The second-order valence-electron chi connectivity index (χ2n) is 6.60. The van der Waals surface area contributed by atoms with Gasteiger partial charge in [0.05, 0.1) is 28.3 Å². The van der Waals surface area contributed by atoms with E-state index in [4.69, 9.17) is 4.74 Å². The number of nitrogens with zero attached hydrogens (tertiary/aromatic N) is 1. The second kappa shape index (κ2) is 10.5. The van der Waals surface area contributed by atoms with Crippen LogP contribution in [0.15, 0.2) is 51.8 Å². The highest BCUT2D eigenvalue weighted by atomic mass is 79.9. The van der Waals surface area contributed by atoms with E-state index in [9.17, 15) is 22.4 Å². The van der Waals surface area contributed by atoms with Gasteiger partial charge < -0.3 is 15.4 Å². The van der Waals surface area contributed by atoms with E-state index in [1.807, 2.05) is 0 Å². The van der Waals surface area contributed by atoms with Crippen molar-refractivity contribution < 1.29 is 27.1 Å². The van der Waals surface area contributed by atoms with Gasteiger partial charge in [-0.2, -0.15) is 0 Å². The third-order valence-electron chi connectivity index (χ3n) is 4.33. The van der Waals surface area contributed by atoms with E-state index in [0.29, 0.717) is 16.8 Å². The van der Waals surface area contributed by atoms with Crippen molar-refractivity contribution in [3.8, 4) is 0 Å². The number of ether oxygens (including phenoxy) is 1. The number of fused-ring (bicyclic) bond motifs is 1. The molecular formula is C20H19BrFN3O5S2. The van der Waals surface area contributed by atoms with Crippen LogP contribution in [0.3, 0.4) is 0 Å². The first-order chi connectivity index (χ1) is 15.2. The molecule has 12 heteroatoms. The molecule has 3 aromatic rings. The van der Waals surface area contributed by atoms with E-state index < -0.39 is 39.3 Å². The van der Waals surface area contributed by atoms with E-state index in [0.717, 1.165) is 40.1 Å². The average molecular weight is 544 g/mol. The van der Waals surface area contributed by atoms with Crippen molar-refractivity contribution in [2.75, 3.05) is 26.8 Å². The molecule has 3 rings (SSSR count). The van der Waals surface area contributed by atoms with Crippen LogP contribution < -0.4 is 10.6 Å². The van der Waals surface area contributed by atoms with Gasteiger partial charge in [-0.3, -0.25) is 9.59 Å². The number of hydrogen-bond donors (Lipinski definition) is 2. The van der Waals surface area contributed by atoms with Crippen LogP contribution in [0.4, 0.5) is 4.39 Å². The number of nitrogens with one attached hydrogen (secondary N) is 2. The first-order valence-electron chi connectivity index (χ1n) is 9.31. The maximum absolute atomic E-state index is 13.3. The highest BCUT2D eigenvalue weighted by molar-refractivity contribution is 9.10. The minimum Gasteiger partial charge on any atom is -0.383 e. The van der Waals surface area contributed by atoms with Gasteiger partial charge in [-0.15, -0.1) is 11.3 Å². The molecule has 1 atom stereocenters. The fraction of sp³-hybridized carbons (Fsp3) is 0.250. The summed E-state index contributed by atoms with van der Waals surface area (Å²) >= 11 is 4.40. The molecule has 2 aromatic carbocycles. The van der Waals surface area contributed by atoms with Crippen LogP contribution in [0.25, 0.3) is 10.2 Å². The molecule has 0 spiro atoms. The van der Waals surface area contributed by atoms with Crippen molar-refractivity contribution in [3.63, 3.8) is 0 Å². The normalized spacial score (nSPS) is 12.5. The summed E-state index contributed by atoms with van der Waals surface area (Å²) in [6.07, 6.45) is 0. The molecule has 0 bridgehead atoms. The van der Waals surface area contributed by atoms with Gasteiger partial charge in [0.15, 0.2) is 15.1 Å². The Morgan fingerprint density at radius 2 is 1.91 bits per heavy atom. The number of benzene rings is 2. The Balaban J connectivity index is 1.94. The predicted octanol–water partition coefficient (Wildman–Crippen LogP) is 2.59. The van der Waals surface area contributed by atoms with Crippen LogP contribution in [0.5, 0.6) is 0 Å². The molecule has 0 aliphatic heterocycles. The maximum Gasteiger partial charge on any atom is 0.246 e. The van der Waals surface area contributed by atoms with E-state index in [1.165, 1.54) is 7.11 Å². The van der Waals surface area contributed by atoms with Gasteiger partial charge in [0.25, 0.3) is 0 Å². The third-order valence-corrected chi connectivity index (χ3v) is 8.05. The summed E-state index contributed by atoms with van der Waals surface area (Å²) in [5.41, 5.74) is 0.526. The molecule has 1 heterocycles. The average Bonchev–Trinajstić information content (AvgIpc) is 3.15. The molecule has 2 N–H and O–H groups in total. The number of aromatic nitrogens is 1. The van der Waals surface area contributed by atoms with E-state index in [2.05, 4.69) is 31.5 Å². The predicted molar refractivity (Wildman–Crippen MR) is 122 cm³/mol. The first-order valence-corrected chi connectivity index (χ1v) is 12.5. The van der Waals surface area contributed by atoms with Crippen molar-refractivity contribution in [1.29, 1.82) is 0 Å². The Labute approximate surface area is 196 Å². The summed E-state index contributed by atoms with van der Waals surface area (Å²) in [5, 5.41) is 3.23. The Morgan fingerprint density at radius 1 is 1.19 bits per heavy atom. The zero-order chi connectivity index (χ0) is 23.3. The fourth-order valence-electron chi connectivity index (χ4n) is 2.79. The van der Waals surface area contributed by atoms with Gasteiger partial charge in [-0.25, -0.2) is 17.8 Å². The van der Waals surface area contributed by atoms with Gasteiger partial charge in [0.1, 0.15) is 10.8 Å². The van der Waals surface area contributed by atoms with Gasteiger partial charge in [0, 0.05) is 18.1 Å². The molecule has 170 valence electrons. The highest BCUT2D eigenvalue weighted by Gasteiger charge is 2.38. The van der Waals surface area contributed by atoms with Gasteiger partial charge in [-0.05, 0) is 42.5 Å². The highest BCUT2D eigenvalue weighted by Crippen LogP contribution is 2.35. The molecule has 0 saturated heterocycles. The largest absolute Gasteiger partial charge is 0.383 e. The summed E-state index contributed by atoms with van der Waals surface area (Å²) in [5.74, 6) is -2.02. The molecule has 32 heavy (non-hydrogen) atoms. The molecule has 0 saturated carbocycles. The van der Waals surface area contributed by atoms with Crippen LogP contribution >= 0.6 is 27.3 Å². The Kier molecular flexibility index (Phi) is 7.93. The zero-order valence-electron chi connectivity index (χ0n) is 16.8. The van der Waals surface area contributed by atoms with Gasteiger partial charge in [-0.1, -0.05) is 15.9 Å². The molecule has 1 aromatic heterocycles. The number of carbonyl (C=O) groups excluding carboxylic acids is 2. The molecular weight excluding hydrogens is 525 g/mol. The molecule has 0 fully saturated rings. The van der Waals surface area contributed by atoms with Crippen molar-refractivity contribution in [3.05, 3.63) is 57.8 Å². The Bertz CT molecular complexity index is 1230. The van der Waals surface area contributed by atoms with E-state index in [-0.39, 0.29) is 16.4 Å². The number of rotatable bonds is 9. The smallest absolute Gasteiger partial charge is 0.246 e. The number of amides is 2. The first kappa shape index (κ1) is 24.2. The van der Waals surface area contributed by atoms with Crippen LogP contribution in [-0.4, -0.2) is 52.0 Å². The molecule has 0 aliphatic carbocycles. The van der Waals surface area contributed by atoms with Crippen molar-refractivity contribution in [2.24, 2.45) is 0 Å². The number of hydrogen-bond acceptors (Lipinski definition) is 7. The van der Waals surface area contributed by atoms with Crippen LogP contribution in [-0.2, 0) is 24.2 Å². The maximum atomic E-state index is 13.3. The van der Waals surface area contributed by atoms with Crippen LogP contribution in [0.2, 0.25) is 0 Å². The van der Waals surface area contributed by atoms with E-state index >= 15 is 0 Å². The molecule has 1 unspecified atom stereocenters. The number of methoxy groups -OCH3 is 1. The van der Waals surface area contributed by atoms with E-state index in [1.54, 1.807) is 18.2 Å². The summed E-state index contributed by atoms with van der Waals surface area (Å²) in [6.45, 7) is 0.117. The topological polar surface area (TPSA) is 114 Å². The Morgan fingerprint density at radius 3 is 2.59 bits per heavy atom. The van der Waals surface area contributed by atoms with Crippen molar-refractivity contribution >= 4 is 59.1 Å². The molecule has 2 amide bonds. The monoisotopic (exact) mass is 543 g/mol. The lowest BCUT2D eigenvalue weighted by molar-refractivity contribution is -0.126. The third kappa shape index (κ3) is 5.68. The SMILES string of the molecule is COCCNC(=O)CNC(=O)C(c1nc2ccc(Br)cc2s1)S(=O)(=O)c1ccc(F)cc1. The molecule has 0 radical (unpaired) electrons. The summed E-state index contributed by atoms with van der Waals surface area (Å²) < 4.78 is 46.3. The standard InChI is InChI=1S/C20H19BrFN3O5S2/c1-30-9-8-23-17(26)11-24-19(27)18(32(28,29)14-5-3-13(22)4-6-14)20-25-15-7-2-12(21)10-16(15)31-20/h2-7,10,18H,8-9,11H2,1H3,(H,23,26)(H,24,27). The van der Waals surface area contributed by atoms with Crippen molar-refractivity contribution in [1.82, 2.24) is 15.6 Å². The minimum atomic E-state index is -4.29. The summed E-state index contributed by atoms with van der Waals surface area (Å²) in [7, 11) is -2.81. The van der Waals surface area contributed by atoms with Crippen LogP contribution in [0, 0.1) is 5.82 Å². The number of thiazole rings is 1. The minimum absolute atomic E-state index is 0.0414. The van der Waals surface area contributed by atoms with Gasteiger partial charge >= 0.3 is 0 Å². The lowest BCUT2D eigenvalue weighted by Gasteiger charge is -2.16. The number of carbonyl (C=O) groups is 2. The zero-order valence-corrected chi connectivity index (χ0v) is 20.0. The lowest BCUT2D eigenvalue weighted by Crippen LogP contribution is -2.41. The quantitative estimate of drug-likeness (QED) is 0.316. The fourth-order valence-corrected chi connectivity index (χ4v) is 6.29. The number of sulfone groups is 1. The van der Waals surface area contributed by atoms with Crippen molar-refractivity contribution in [2.45, 2.75) is 10.1 Å². The van der Waals surface area contributed by atoms with Crippen LogP contribution in [0.1, 0.15) is 10.3 Å². The summed E-state index contributed by atoms with van der Waals surface area (Å²) in [4.78, 5) is 29.0. The molecule has 8 nitrogen and oxygen atoms in total. The number of halogens is 2. The summed E-state index contributed by atoms with van der Waals surface area (Å²) in [6, 6.07) is 9.39. The Hall–Kier alpha value is -2.41. The lowest BCUT2D eigenvalue weighted by atomic mass is 10.3. The molecule has 0 aliphatic rings. The van der Waals surface area contributed by atoms with Gasteiger partial charge in [0.2, 0.25) is 11.8 Å².